The van der Waals surface area contributed by atoms with Crippen LogP contribution in [0.2, 0.25) is 0 Å². The molecule has 3 rings (SSSR count). The zero-order chi connectivity index (χ0) is 19.2. The van der Waals surface area contributed by atoms with Gasteiger partial charge >= 0.3 is 5.56 Å². The maximum absolute atomic E-state index is 12.5. The van der Waals surface area contributed by atoms with Crippen molar-refractivity contribution in [3.63, 3.8) is 0 Å². The lowest BCUT2D eigenvalue weighted by atomic mass is 10.2. The van der Waals surface area contributed by atoms with Gasteiger partial charge in [0.1, 0.15) is 11.5 Å². The Morgan fingerprint density at radius 2 is 1.89 bits per heavy atom. The Kier molecular flexibility index (Phi) is 5.82. The molecule has 0 spiro atoms. The van der Waals surface area contributed by atoms with E-state index in [1.54, 1.807) is 25.3 Å². The lowest BCUT2D eigenvalue weighted by molar-refractivity contribution is 0.395. The molecule has 1 aromatic heterocycles. The molecule has 0 aliphatic heterocycles. The molecule has 8 nitrogen and oxygen atoms in total. The van der Waals surface area contributed by atoms with Crippen molar-refractivity contribution in [1.29, 1.82) is 0 Å². The van der Waals surface area contributed by atoms with E-state index in [9.17, 15) is 4.79 Å². The van der Waals surface area contributed by atoms with Gasteiger partial charge in [0.2, 0.25) is 11.0 Å². The smallest absolute Gasteiger partial charge is 0.315 e. The highest BCUT2D eigenvalue weighted by Crippen LogP contribution is 2.30. The molecule has 0 radical (unpaired) electrons. The van der Waals surface area contributed by atoms with Gasteiger partial charge in [0.15, 0.2) is 0 Å². The van der Waals surface area contributed by atoms with Crippen LogP contribution >= 0.6 is 11.8 Å². The zero-order valence-corrected chi connectivity index (χ0v) is 15.7. The number of anilines is 2. The quantitative estimate of drug-likeness (QED) is 0.472. The fourth-order valence-corrected chi connectivity index (χ4v) is 3.12. The van der Waals surface area contributed by atoms with Crippen LogP contribution in [-0.2, 0) is 5.75 Å². The number of benzene rings is 2. The molecule has 0 bridgehead atoms. The van der Waals surface area contributed by atoms with E-state index in [1.165, 1.54) is 18.9 Å². The van der Waals surface area contributed by atoms with Crippen LogP contribution in [0.3, 0.4) is 0 Å². The Bertz CT molecular complexity index is 978. The Hall–Kier alpha value is -3.20. The summed E-state index contributed by atoms with van der Waals surface area (Å²) in [4.78, 5) is 12.5. The van der Waals surface area contributed by atoms with E-state index in [0.29, 0.717) is 28.1 Å². The number of nitrogens with two attached hydrogens (primary N) is 1. The second-order valence-corrected chi connectivity index (χ2v) is 6.41. The molecule has 140 valence electrons. The van der Waals surface area contributed by atoms with Gasteiger partial charge in [0.05, 0.1) is 19.9 Å². The summed E-state index contributed by atoms with van der Waals surface area (Å²) in [6.07, 6.45) is 0. The van der Waals surface area contributed by atoms with Gasteiger partial charge in [-0.25, -0.2) is 0 Å². The van der Waals surface area contributed by atoms with Gasteiger partial charge in [0.25, 0.3) is 0 Å². The van der Waals surface area contributed by atoms with E-state index in [-0.39, 0.29) is 5.82 Å². The molecule has 0 amide bonds. The molecule has 0 fully saturated rings. The summed E-state index contributed by atoms with van der Waals surface area (Å²) in [5.74, 6) is 7.68. The molecule has 0 atom stereocenters. The van der Waals surface area contributed by atoms with E-state index in [0.717, 1.165) is 10.2 Å². The number of rotatable bonds is 7. The van der Waals surface area contributed by atoms with Gasteiger partial charge < -0.3 is 20.6 Å². The predicted molar refractivity (Wildman–Crippen MR) is 105 cm³/mol. The molecule has 27 heavy (non-hydrogen) atoms. The summed E-state index contributed by atoms with van der Waals surface area (Å²) in [6, 6.07) is 15.0. The number of nitrogens with one attached hydrogen (secondary N) is 1. The van der Waals surface area contributed by atoms with Gasteiger partial charge in [-0.05, 0) is 17.7 Å². The van der Waals surface area contributed by atoms with Crippen molar-refractivity contribution in [2.75, 3.05) is 25.4 Å². The number of aromatic nitrogens is 3. The lowest BCUT2D eigenvalue weighted by Crippen LogP contribution is -2.32. The second-order valence-electron chi connectivity index (χ2n) is 5.47. The Morgan fingerprint density at radius 3 is 2.59 bits per heavy atom. The van der Waals surface area contributed by atoms with Crippen LogP contribution < -0.4 is 26.2 Å². The number of thioether (sulfide) groups is 1. The maximum atomic E-state index is 12.5. The van der Waals surface area contributed by atoms with E-state index < -0.39 is 5.56 Å². The summed E-state index contributed by atoms with van der Waals surface area (Å²) in [5, 5.41) is 11.3. The van der Waals surface area contributed by atoms with Gasteiger partial charge in [0, 0.05) is 11.8 Å². The monoisotopic (exact) mass is 385 g/mol. The van der Waals surface area contributed by atoms with Gasteiger partial charge in [-0.3, -0.25) is 4.79 Å². The number of methoxy groups -OCH3 is 2. The maximum Gasteiger partial charge on any atom is 0.315 e. The average Bonchev–Trinajstić information content (AvgIpc) is 2.71. The summed E-state index contributed by atoms with van der Waals surface area (Å²) >= 11 is 1.34. The van der Waals surface area contributed by atoms with Crippen LogP contribution in [0, 0.1) is 0 Å². The minimum Gasteiger partial charge on any atom is -0.497 e. The van der Waals surface area contributed by atoms with E-state index >= 15 is 0 Å². The van der Waals surface area contributed by atoms with E-state index in [1.807, 2.05) is 30.3 Å². The Labute approximate surface area is 160 Å². The number of hydrogen-bond donors (Lipinski definition) is 2. The van der Waals surface area contributed by atoms with Crippen LogP contribution in [-0.4, -0.2) is 29.1 Å². The Balaban J connectivity index is 1.80. The third-order valence-corrected chi connectivity index (χ3v) is 4.75. The van der Waals surface area contributed by atoms with E-state index in [2.05, 4.69) is 15.5 Å². The van der Waals surface area contributed by atoms with Crippen molar-refractivity contribution in [2.24, 2.45) is 0 Å². The van der Waals surface area contributed by atoms with Crippen molar-refractivity contribution in [1.82, 2.24) is 14.9 Å². The first-order valence-corrected chi connectivity index (χ1v) is 9.01. The predicted octanol–water partition coefficient (Wildman–Crippen LogP) is 2.41. The van der Waals surface area contributed by atoms with Gasteiger partial charge in [-0.15, -0.1) is 10.2 Å². The third kappa shape index (κ3) is 4.32. The lowest BCUT2D eigenvalue weighted by Gasteiger charge is -2.12. The molecule has 3 N–H and O–H groups in total. The standard InChI is InChI=1S/C18H19N5O3S/c1-25-13-8-9-14(15(10-13)26-2)20-16-17(24)23(19)18(22-21-16)27-11-12-6-4-3-5-7-12/h3-10H,11,19H2,1-2H3,(H,20,21). The SMILES string of the molecule is COc1ccc(Nc2nnc(SCc3ccccc3)n(N)c2=O)c(OC)c1. The molecule has 0 saturated carbocycles. The highest BCUT2D eigenvalue weighted by molar-refractivity contribution is 7.98. The Morgan fingerprint density at radius 1 is 1.11 bits per heavy atom. The number of hydrogen-bond acceptors (Lipinski definition) is 8. The first-order chi connectivity index (χ1) is 13.1. The van der Waals surface area contributed by atoms with Crippen LogP contribution in [0.25, 0.3) is 0 Å². The number of ether oxygens (including phenoxy) is 2. The van der Waals surface area contributed by atoms with Crippen LogP contribution in [0.5, 0.6) is 11.5 Å². The minimum atomic E-state index is -0.488. The molecule has 9 heteroatoms. The summed E-state index contributed by atoms with van der Waals surface area (Å²) in [6.45, 7) is 0. The molecule has 0 saturated heterocycles. The first kappa shape index (κ1) is 18.6. The van der Waals surface area contributed by atoms with Crippen LogP contribution in [0.1, 0.15) is 5.56 Å². The summed E-state index contributed by atoms with van der Waals surface area (Å²) in [5.41, 5.74) is 1.16. The van der Waals surface area contributed by atoms with Crippen molar-refractivity contribution in [3.8, 4) is 11.5 Å². The van der Waals surface area contributed by atoms with Gasteiger partial charge in [-0.1, -0.05) is 42.1 Å². The van der Waals surface area contributed by atoms with Crippen molar-refractivity contribution in [3.05, 3.63) is 64.4 Å². The summed E-state index contributed by atoms with van der Waals surface area (Å²) < 4.78 is 11.5. The molecule has 0 unspecified atom stereocenters. The summed E-state index contributed by atoms with van der Waals surface area (Å²) in [7, 11) is 3.09. The largest absolute Gasteiger partial charge is 0.497 e. The number of nitrogens with zero attached hydrogens (tertiary/aromatic N) is 3. The normalized spacial score (nSPS) is 10.4. The molecule has 2 aromatic carbocycles. The minimum absolute atomic E-state index is 0.00466. The number of nitrogen functional groups attached to an aromatic ring is 1. The molecule has 1 heterocycles. The van der Waals surface area contributed by atoms with Crippen molar-refractivity contribution < 1.29 is 9.47 Å². The molecular formula is C18H19N5O3S. The van der Waals surface area contributed by atoms with Crippen molar-refractivity contribution in [2.45, 2.75) is 10.9 Å². The molecule has 0 aliphatic carbocycles. The van der Waals surface area contributed by atoms with Crippen LogP contribution in [0.4, 0.5) is 11.5 Å². The van der Waals surface area contributed by atoms with E-state index in [4.69, 9.17) is 15.3 Å². The highest BCUT2D eigenvalue weighted by Gasteiger charge is 2.13. The fraction of sp³-hybridized carbons (Fsp3) is 0.167. The molecule has 3 aromatic rings. The van der Waals surface area contributed by atoms with Gasteiger partial charge in [-0.2, -0.15) is 4.68 Å². The molecule has 0 aliphatic rings. The third-order valence-electron chi connectivity index (χ3n) is 3.74. The van der Waals surface area contributed by atoms with Crippen molar-refractivity contribution >= 4 is 23.3 Å². The van der Waals surface area contributed by atoms with Crippen LogP contribution in [0.15, 0.2) is 58.5 Å². The first-order valence-electron chi connectivity index (χ1n) is 8.03. The molecular weight excluding hydrogens is 366 g/mol. The topological polar surface area (TPSA) is 104 Å². The zero-order valence-electron chi connectivity index (χ0n) is 14.9. The average molecular weight is 385 g/mol. The highest BCUT2D eigenvalue weighted by atomic mass is 32.2. The second kappa shape index (κ2) is 8.45. The fourth-order valence-electron chi connectivity index (χ4n) is 2.31.